The molecule has 4 aromatic rings. The third-order valence-electron chi connectivity index (χ3n) is 4.62. The van der Waals surface area contributed by atoms with Crippen LogP contribution in [0.5, 0.6) is 0 Å². The van der Waals surface area contributed by atoms with Gasteiger partial charge >= 0.3 is 33.9 Å². The van der Waals surface area contributed by atoms with Crippen molar-refractivity contribution in [2.24, 2.45) is 0 Å². The second-order valence-electron chi connectivity index (χ2n) is 6.38. The van der Waals surface area contributed by atoms with Gasteiger partial charge in [0.15, 0.2) is 0 Å². The van der Waals surface area contributed by atoms with Gasteiger partial charge in [-0.2, -0.15) is 0 Å². The van der Waals surface area contributed by atoms with Crippen molar-refractivity contribution in [3.05, 3.63) is 146 Å². The Hall–Kier alpha value is -2.98. The first-order chi connectivity index (χ1) is 16.3. The van der Waals surface area contributed by atoms with Crippen molar-refractivity contribution in [2.75, 3.05) is 0 Å². The molecule has 0 spiro atoms. The van der Waals surface area contributed by atoms with Gasteiger partial charge in [0.2, 0.25) is 0 Å². The molecule has 0 fully saturated rings. The zero-order valence-corrected chi connectivity index (χ0v) is 20.2. The van der Waals surface area contributed by atoms with Crippen molar-refractivity contribution < 1.29 is 36.4 Å². The van der Waals surface area contributed by atoms with E-state index in [4.69, 9.17) is 14.0 Å². The van der Waals surface area contributed by atoms with Crippen LogP contribution in [0.1, 0.15) is 17.2 Å². The molecule has 168 valence electrons. The molecule has 6 heteroatoms. The van der Waals surface area contributed by atoms with Crippen molar-refractivity contribution in [3.8, 4) is 0 Å². The van der Waals surface area contributed by atoms with Crippen LogP contribution in [0, 0.1) is 20.0 Å². The summed E-state index contributed by atoms with van der Waals surface area (Å²) in [5.41, 5.74) is 1.89. The van der Waals surface area contributed by atoms with E-state index < -0.39 is 14.0 Å². The number of hydrogen-bond acceptors (Lipinski definition) is 1. The summed E-state index contributed by atoms with van der Waals surface area (Å²) in [6, 6.07) is 39.3. The predicted molar refractivity (Wildman–Crippen MR) is 127 cm³/mol. The monoisotopic (exact) mass is 504 g/mol. The number of rotatable bonds is 5. The van der Waals surface area contributed by atoms with Crippen LogP contribution in [-0.4, -0.2) is 5.11 Å². The maximum Gasteiger partial charge on any atom is 0 e. The Morgan fingerprint density at radius 3 is 1.32 bits per heavy atom. The van der Waals surface area contributed by atoms with Crippen molar-refractivity contribution >= 4 is 23.8 Å². The first-order valence-electron chi connectivity index (χ1n) is 9.68. The molecule has 1 N–H and O–H groups in total. The average molecular weight is 504 g/mol. The number of aliphatic hydroxyl groups excluding tert-OH is 1. The van der Waals surface area contributed by atoms with Gasteiger partial charge in [-0.05, 0) is 35.0 Å². The van der Waals surface area contributed by atoms with Crippen LogP contribution in [-0.2, 0) is 31.3 Å². The van der Waals surface area contributed by atoms with Crippen LogP contribution < -0.4 is 15.9 Å². The fraction of sp³-hybridized carbons (Fsp3) is 0.0357. The van der Waals surface area contributed by atoms with E-state index in [0.717, 1.165) is 11.1 Å². The van der Waals surface area contributed by atoms with Gasteiger partial charge < -0.3 is 5.11 Å². The summed E-state index contributed by atoms with van der Waals surface area (Å²) in [7, 11) is -0.750. The molecular weight excluding hydrogens is 483 g/mol. The normalized spacial score (nSPS) is 9.76. The second kappa shape index (κ2) is 18.4. The summed E-state index contributed by atoms with van der Waals surface area (Å²) in [6.45, 7) is 13.5. The third-order valence-corrected chi connectivity index (χ3v) is 7.13. The van der Waals surface area contributed by atoms with Gasteiger partial charge in [-0.15, -0.1) is 0 Å². The van der Waals surface area contributed by atoms with E-state index in [2.05, 4.69) is 80.6 Å². The summed E-state index contributed by atoms with van der Waals surface area (Å²) >= 11 is 0. The maximum atomic E-state index is 11.1. The molecule has 0 aliphatic heterocycles. The number of hydrogen-bond donors (Lipinski definition) is 1. The minimum absolute atomic E-state index is 0. The molecule has 34 heavy (non-hydrogen) atoms. The summed E-state index contributed by atoms with van der Waals surface area (Å²) in [4.78, 5) is 0. The van der Waals surface area contributed by atoms with Gasteiger partial charge in [-0.1, -0.05) is 115 Å². The van der Waals surface area contributed by atoms with Gasteiger partial charge in [0.25, 0.3) is 0 Å². The van der Waals surface area contributed by atoms with Crippen LogP contribution in [0.25, 0.3) is 0 Å². The smallest absolute Gasteiger partial charge is 0 e. The molecule has 4 aromatic carbocycles. The molecule has 0 unspecified atom stereocenters. The van der Waals surface area contributed by atoms with E-state index >= 15 is 0 Å². The molecule has 0 saturated carbocycles. The van der Waals surface area contributed by atoms with Crippen molar-refractivity contribution in [3.63, 3.8) is 0 Å². The van der Waals surface area contributed by atoms with E-state index in [1.165, 1.54) is 15.9 Å². The van der Waals surface area contributed by atoms with Gasteiger partial charge in [-0.25, -0.2) is 0 Å². The first-order valence-corrected chi connectivity index (χ1v) is 11.0. The fourth-order valence-corrected chi connectivity index (χ4v) is 5.80. The Labute approximate surface area is 212 Å². The van der Waals surface area contributed by atoms with Gasteiger partial charge in [0.05, 0.1) is 0 Å². The molecule has 0 aromatic heterocycles. The molecule has 0 saturated heterocycles. The van der Waals surface area contributed by atoms with Gasteiger partial charge in [0, 0.05) is 17.4 Å². The Balaban J connectivity index is 0.00000145. The molecule has 0 amide bonds. The maximum absolute atomic E-state index is 11.1. The van der Waals surface area contributed by atoms with E-state index in [-0.39, 0.29) is 17.4 Å². The zero-order chi connectivity index (χ0) is 24.5. The largest absolute Gasteiger partial charge is 0 e. The quantitative estimate of drug-likeness (QED) is 0.244. The third kappa shape index (κ3) is 8.42. The second-order valence-corrected chi connectivity index (χ2v) is 8.56. The molecule has 1 atom stereocenters. The van der Waals surface area contributed by atoms with Gasteiger partial charge in [0.1, 0.15) is 6.10 Å². The number of aliphatic hydroxyl groups is 1. The van der Waals surface area contributed by atoms with Crippen molar-refractivity contribution in [1.82, 2.24) is 0 Å². The first kappa shape index (κ1) is 31.0. The summed E-state index contributed by atoms with van der Waals surface area (Å²) in [5.74, 6) is 0. The molecule has 4 nitrogen and oxygen atoms in total. The Morgan fingerprint density at radius 2 is 0.882 bits per heavy atom. The van der Waals surface area contributed by atoms with Crippen LogP contribution in [0.3, 0.4) is 0 Å². The van der Waals surface area contributed by atoms with E-state index in [0.29, 0.717) is 0 Å². The van der Waals surface area contributed by atoms with E-state index in [9.17, 15) is 5.11 Å². The molecule has 0 bridgehead atoms. The predicted octanol–water partition coefficient (Wildman–Crippen LogP) is 4.41. The average Bonchev–Trinajstić information content (AvgIpc) is 2.94. The van der Waals surface area contributed by atoms with Crippen molar-refractivity contribution in [1.29, 1.82) is 0 Å². The van der Waals surface area contributed by atoms with Crippen LogP contribution in [0.2, 0.25) is 0 Å². The Morgan fingerprint density at radius 1 is 0.529 bits per heavy atom. The van der Waals surface area contributed by atoms with Crippen LogP contribution >= 0.6 is 7.92 Å². The summed E-state index contributed by atoms with van der Waals surface area (Å²) in [6.07, 6.45) is -0.639. The Kier molecular flexibility index (Phi) is 16.8. The van der Waals surface area contributed by atoms with Crippen molar-refractivity contribution in [2.45, 2.75) is 6.10 Å². The van der Waals surface area contributed by atoms with Crippen LogP contribution in [0.15, 0.2) is 115 Å². The standard InChI is InChI=1S/C25H21OP.3CO.Cr/c26-25(20-12-4-1-5-13-20)23-18-10-11-19-24(23)27(21-14-6-2-7-15-21)22-16-8-3-9-17-22;3*1-2;/h1-19,25-26H;;;;/t25-;;;;/m0..../s1. The number of benzene rings is 4. The summed E-state index contributed by atoms with van der Waals surface area (Å²) < 4.78 is 22.5. The minimum atomic E-state index is -0.750. The molecule has 0 heterocycles. The molecular formula is C28H21CrO4P. The van der Waals surface area contributed by atoms with Crippen LogP contribution in [0.4, 0.5) is 0 Å². The SMILES string of the molecule is O[C@@H](c1ccccc1)c1ccccc1P(c1ccccc1)c1ccccc1.[C-]#[O+].[C-]#[O+].[C-]#[O+].[Cr]. The van der Waals surface area contributed by atoms with Gasteiger partial charge in [-0.3, -0.25) is 0 Å². The topological polar surface area (TPSA) is 79.9 Å². The summed E-state index contributed by atoms with van der Waals surface area (Å²) in [5, 5.41) is 14.9. The fourth-order valence-electron chi connectivity index (χ4n) is 3.32. The minimum Gasteiger partial charge on any atom is 0 e. The van der Waals surface area contributed by atoms with E-state index in [1.54, 1.807) is 0 Å². The molecule has 0 aliphatic carbocycles. The Bertz CT molecular complexity index is 1080. The molecule has 0 radical (unpaired) electrons. The molecule has 0 aliphatic rings. The molecule has 4 rings (SSSR count). The van der Waals surface area contributed by atoms with E-state index in [1.807, 2.05) is 54.6 Å². The zero-order valence-electron chi connectivity index (χ0n) is 18.1.